The first-order chi connectivity index (χ1) is 8.74. The molecule has 5 heteroatoms. The molecule has 2 aliphatic rings. The smallest absolute Gasteiger partial charge is 0.147 e. The maximum absolute atomic E-state index is 6.33. The highest BCUT2D eigenvalue weighted by atomic mass is 79.9. The van der Waals surface area contributed by atoms with E-state index in [0.717, 1.165) is 28.4 Å². The van der Waals surface area contributed by atoms with Crippen molar-refractivity contribution >= 4 is 33.3 Å². The molecule has 1 N–H and O–H groups in total. The zero-order valence-electron chi connectivity index (χ0n) is 10.2. The third-order valence-electron chi connectivity index (χ3n) is 3.63. The first-order valence-electron chi connectivity index (χ1n) is 6.55. The summed E-state index contributed by atoms with van der Waals surface area (Å²) < 4.78 is 0.936. The van der Waals surface area contributed by atoms with Crippen LogP contribution in [0.3, 0.4) is 0 Å². The van der Waals surface area contributed by atoms with Crippen LogP contribution in [0.2, 0.25) is 5.02 Å². The molecule has 0 amide bonds. The number of rotatable bonds is 4. The molecule has 98 valence electrons. The topological polar surface area (TPSA) is 28.2 Å². The molecule has 3 rings (SSSR count). The van der Waals surface area contributed by atoms with E-state index in [1.165, 1.54) is 25.7 Å². The van der Waals surface area contributed by atoms with Crippen LogP contribution in [0.1, 0.15) is 25.7 Å². The SMILES string of the molecule is Clc1cc(Br)cnc1N(CC1CCCN1)C1CC1. The summed E-state index contributed by atoms with van der Waals surface area (Å²) in [5.74, 6) is 0.941. The zero-order valence-corrected chi connectivity index (χ0v) is 12.5. The lowest BCUT2D eigenvalue weighted by Crippen LogP contribution is -2.39. The molecule has 1 saturated carbocycles. The predicted molar refractivity (Wildman–Crippen MR) is 78.3 cm³/mol. The van der Waals surface area contributed by atoms with Gasteiger partial charge in [-0.1, -0.05) is 11.6 Å². The van der Waals surface area contributed by atoms with E-state index in [1.807, 2.05) is 12.3 Å². The van der Waals surface area contributed by atoms with Crippen LogP contribution in [-0.4, -0.2) is 30.2 Å². The molecule has 1 aromatic heterocycles. The largest absolute Gasteiger partial charge is 0.351 e. The minimum Gasteiger partial charge on any atom is -0.351 e. The quantitative estimate of drug-likeness (QED) is 0.919. The number of hydrogen-bond donors (Lipinski definition) is 1. The van der Waals surface area contributed by atoms with Crippen LogP contribution in [0.25, 0.3) is 0 Å². The lowest BCUT2D eigenvalue weighted by molar-refractivity contribution is 0.575. The summed E-state index contributed by atoms with van der Waals surface area (Å²) in [6.07, 6.45) is 6.91. The van der Waals surface area contributed by atoms with Crippen LogP contribution in [0.4, 0.5) is 5.82 Å². The number of pyridine rings is 1. The van der Waals surface area contributed by atoms with Gasteiger partial charge in [-0.2, -0.15) is 0 Å². The molecule has 0 aromatic carbocycles. The number of hydrogen-bond acceptors (Lipinski definition) is 3. The second kappa shape index (κ2) is 5.35. The molecule has 0 radical (unpaired) electrons. The normalized spacial score (nSPS) is 23.3. The Kier molecular flexibility index (Phi) is 3.78. The van der Waals surface area contributed by atoms with Gasteiger partial charge in [0.05, 0.1) is 5.02 Å². The van der Waals surface area contributed by atoms with Gasteiger partial charge < -0.3 is 10.2 Å². The molecular formula is C13H17BrClN3. The minimum absolute atomic E-state index is 0.590. The van der Waals surface area contributed by atoms with Crippen molar-refractivity contribution in [3.05, 3.63) is 21.8 Å². The first-order valence-corrected chi connectivity index (χ1v) is 7.72. The highest BCUT2D eigenvalue weighted by molar-refractivity contribution is 9.10. The van der Waals surface area contributed by atoms with Crippen LogP contribution in [0.15, 0.2) is 16.7 Å². The Morgan fingerprint density at radius 1 is 1.44 bits per heavy atom. The van der Waals surface area contributed by atoms with E-state index in [2.05, 4.69) is 31.1 Å². The van der Waals surface area contributed by atoms with Crippen LogP contribution in [-0.2, 0) is 0 Å². The van der Waals surface area contributed by atoms with Gasteiger partial charge in [-0.3, -0.25) is 0 Å². The Morgan fingerprint density at radius 3 is 2.89 bits per heavy atom. The van der Waals surface area contributed by atoms with Gasteiger partial charge >= 0.3 is 0 Å². The van der Waals surface area contributed by atoms with Gasteiger partial charge in [0.25, 0.3) is 0 Å². The molecule has 0 bridgehead atoms. The van der Waals surface area contributed by atoms with E-state index in [0.29, 0.717) is 12.1 Å². The Hall–Kier alpha value is -0.320. The van der Waals surface area contributed by atoms with Crippen LogP contribution in [0.5, 0.6) is 0 Å². The lowest BCUT2D eigenvalue weighted by atomic mass is 10.2. The van der Waals surface area contributed by atoms with Gasteiger partial charge in [0, 0.05) is 29.3 Å². The summed E-state index contributed by atoms with van der Waals surface area (Å²) in [4.78, 5) is 6.89. The van der Waals surface area contributed by atoms with Gasteiger partial charge in [-0.05, 0) is 54.2 Å². The van der Waals surface area contributed by atoms with E-state index >= 15 is 0 Å². The Labute approximate surface area is 121 Å². The highest BCUT2D eigenvalue weighted by Gasteiger charge is 2.33. The third-order valence-corrected chi connectivity index (χ3v) is 4.34. The van der Waals surface area contributed by atoms with Crippen molar-refractivity contribution in [2.75, 3.05) is 18.0 Å². The fourth-order valence-corrected chi connectivity index (χ4v) is 3.30. The predicted octanol–water partition coefficient (Wildman–Crippen LogP) is 3.22. The molecule has 18 heavy (non-hydrogen) atoms. The van der Waals surface area contributed by atoms with Gasteiger partial charge in [0.15, 0.2) is 0 Å². The first kappa shape index (κ1) is 12.7. The Morgan fingerprint density at radius 2 is 2.28 bits per heavy atom. The number of halogens is 2. The molecule has 2 heterocycles. The summed E-state index contributed by atoms with van der Waals surface area (Å²) in [5, 5.41) is 4.29. The third kappa shape index (κ3) is 2.81. The fourth-order valence-electron chi connectivity index (χ4n) is 2.56. The Bertz CT molecular complexity index is 430. The van der Waals surface area contributed by atoms with Crippen molar-refractivity contribution in [3.8, 4) is 0 Å². The number of anilines is 1. The summed E-state index contributed by atoms with van der Waals surface area (Å²) in [5.41, 5.74) is 0. The minimum atomic E-state index is 0.590. The van der Waals surface area contributed by atoms with Crippen molar-refractivity contribution in [2.45, 2.75) is 37.8 Å². The maximum atomic E-state index is 6.33. The standard InChI is InChI=1S/C13H17BrClN3/c14-9-6-12(15)13(17-7-9)18(11-3-4-11)8-10-2-1-5-16-10/h6-7,10-11,16H,1-5,8H2. The van der Waals surface area contributed by atoms with Gasteiger partial charge in [0.2, 0.25) is 0 Å². The second-order valence-electron chi connectivity index (χ2n) is 5.14. The molecule has 1 aliphatic heterocycles. The fraction of sp³-hybridized carbons (Fsp3) is 0.615. The summed E-state index contributed by atoms with van der Waals surface area (Å²) in [6.45, 7) is 2.17. The van der Waals surface area contributed by atoms with Crippen LogP contribution in [0, 0.1) is 0 Å². The molecule has 1 unspecified atom stereocenters. The average Bonchev–Trinajstić information content (AvgIpc) is 3.05. The van der Waals surface area contributed by atoms with E-state index in [-0.39, 0.29) is 0 Å². The van der Waals surface area contributed by atoms with E-state index in [4.69, 9.17) is 11.6 Å². The lowest BCUT2D eigenvalue weighted by Gasteiger charge is -2.27. The van der Waals surface area contributed by atoms with Crippen molar-refractivity contribution in [3.63, 3.8) is 0 Å². The van der Waals surface area contributed by atoms with Crippen LogP contribution < -0.4 is 10.2 Å². The molecule has 1 aromatic rings. The number of nitrogens with zero attached hydrogens (tertiary/aromatic N) is 2. The summed E-state index contributed by atoms with van der Waals surface area (Å²) in [6, 6.07) is 3.16. The molecule has 3 nitrogen and oxygen atoms in total. The van der Waals surface area contributed by atoms with Crippen LogP contribution >= 0.6 is 27.5 Å². The molecule has 1 saturated heterocycles. The van der Waals surface area contributed by atoms with Crippen molar-refractivity contribution in [1.29, 1.82) is 0 Å². The average molecular weight is 331 g/mol. The molecule has 0 spiro atoms. The van der Waals surface area contributed by atoms with Crippen molar-refractivity contribution in [2.24, 2.45) is 0 Å². The molecular weight excluding hydrogens is 314 g/mol. The summed E-state index contributed by atoms with van der Waals surface area (Å²) in [7, 11) is 0. The monoisotopic (exact) mass is 329 g/mol. The second-order valence-corrected chi connectivity index (χ2v) is 6.46. The summed E-state index contributed by atoms with van der Waals surface area (Å²) >= 11 is 9.74. The van der Waals surface area contributed by atoms with E-state index in [9.17, 15) is 0 Å². The molecule has 1 aliphatic carbocycles. The van der Waals surface area contributed by atoms with Gasteiger partial charge in [-0.15, -0.1) is 0 Å². The Balaban J connectivity index is 1.79. The van der Waals surface area contributed by atoms with Gasteiger partial charge in [-0.25, -0.2) is 4.98 Å². The zero-order chi connectivity index (χ0) is 12.5. The number of nitrogens with one attached hydrogen (secondary N) is 1. The van der Waals surface area contributed by atoms with Crippen molar-refractivity contribution < 1.29 is 0 Å². The maximum Gasteiger partial charge on any atom is 0.147 e. The van der Waals surface area contributed by atoms with Gasteiger partial charge in [0.1, 0.15) is 5.82 Å². The molecule has 2 fully saturated rings. The highest BCUT2D eigenvalue weighted by Crippen LogP contribution is 2.35. The van der Waals surface area contributed by atoms with Crippen molar-refractivity contribution in [1.82, 2.24) is 10.3 Å². The van der Waals surface area contributed by atoms with E-state index in [1.54, 1.807) is 0 Å². The molecule has 1 atom stereocenters. The van der Waals surface area contributed by atoms with E-state index < -0.39 is 0 Å². The number of aromatic nitrogens is 1.